The van der Waals surface area contributed by atoms with E-state index in [9.17, 15) is 13.2 Å². The van der Waals surface area contributed by atoms with E-state index in [4.69, 9.17) is 15.6 Å². The highest BCUT2D eigenvalue weighted by Crippen LogP contribution is 2.28. The summed E-state index contributed by atoms with van der Waals surface area (Å²) >= 11 is 0. The summed E-state index contributed by atoms with van der Waals surface area (Å²) < 4.78 is 28.2. The molecule has 9 heteroatoms. The third-order valence-corrected chi connectivity index (χ3v) is 5.62. The van der Waals surface area contributed by atoms with E-state index in [1.54, 1.807) is 24.3 Å². The quantitative estimate of drug-likeness (QED) is 0.656. The van der Waals surface area contributed by atoms with Gasteiger partial charge in [0.2, 0.25) is 15.9 Å². The number of anilines is 1. The Bertz CT molecular complexity index is 902. The number of hydrogen-bond donors (Lipinski definition) is 3. The molecule has 152 valence electrons. The third kappa shape index (κ3) is 5.93. The minimum absolute atomic E-state index is 0. The van der Waals surface area contributed by atoms with E-state index in [-0.39, 0.29) is 35.2 Å². The van der Waals surface area contributed by atoms with Gasteiger partial charge in [-0.2, -0.15) is 0 Å². The van der Waals surface area contributed by atoms with Gasteiger partial charge in [0.1, 0.15) is 11.5 Å². The Morgan fingerprint density at radius 3 is 2.11 bits per heavy atom. The van der Waals surface area contributed by atoms with Gasteiger partial charge in [0.25, 0.3) is 0 Å². The summed E-state index contributed by atoms with van der Waals surface area (Å²) in [5, 5.41) is 7.94. The zero-order valence-electron chi connectivity index (χ0n) is 15.2. The van der Waals surface area contributed by atoms with Gasteiger partial charge in [-0.1, -0.05) is 6.42 Å². The fraction of sp³-hybridized carbons (Fsp3) is 0.316. The van der Waals surface area contributed by atoms with Crippen LogP contribution in [0.4, 0.5) is 5.69 Å². The number of rotatable bonds is 6. The molecule has 3 rings (SSSR count). The summed E-state index contributed by atoms with van der Waals surface area (Å²) in [6, 6.07) is 12.9. The molecule has 5 N–H and O–H groups in total. The van der Waals surface area contributed by atoms with Gasteiger partial charge in [-0.25, -0.2) is 13.6 Å². The number of hydrogen-bond acceptors (Lipinski definition) is 5. The van der Waals surface area contributed by atoms with E-state index in [2.05, 4.69) is 5.32 Å². The maximum atomic E-state index is 12.1. The maximum absolute atomic E-state index is 12.1. The van der Waals surface area contributed by atoms with Gasteiger partial charge in [0, 0.05) is 18.2 Å². The maximum Gasteiger partial charge on any atom is 0.238 e. The molecule has 0 aromatic heterocycles. The smallest absolute Gasteiger partial charge is 0.238 e. The van der Waals surface area contributed by atoms with Crippen molar-refractivity contribution in [2.75, 3.05) is 5.32 Å². The van der Waals surface area contributed by atoms with Crippen molar-refractivity contribution in [2.24, 2.45) is 16.8 Å². The molecule has 1 aliphatic rings. The van der Waals surface area contributed by atoms with Gasteiger partial charge in [0.15, 0.2) is 0 Å². The highest BCUT2D eigenvalue weighted by atomic mass is 35.5. The lowest BCUT2D eigenvalue weighted by Crippen LogP contribution is -2.28. The van der Waals surface area contributed by atoms with E-state index < -0.39 is 10.0 Å². The Balaban J connectivity index is 0.00000280. The minimum Gasteiger partial charge on any atom is -0.457 e. The van der Waals surface area contributed by atoms with Crippen molar-refractivity contribution in [1.29, 1.82) is 0 Å². The van der Waals surface area contributed by atoms with Crippen LogP contribution in [0, 0.1) is 5.92 Å². The predicted molar refractivity (Wildman–Crippen MR) is 110 cm³/mol. The molecule has 0 aliphatic heterocycles. The average Bonchev–Trinajstić information content (AvgIpc) is 3.01. The highest BCUT2D eigenvalue weighted by Gasteiger charge is 2.25. The van der Waals surface area contributed by atoms with Crippen LogP contribution in [0.15, 0.2) is 53.4 Å². The average molecular weight is 426 g/mol. The molecule has 1 amide bonds. The van der Waals surface area contributed by atoms with Crippen LogP contribution >= 0.6 is 12.4 Å². The predicted octanol–water partition coefficient (Wildman–Crippen LogP) is 3.00. The van der Waals surface area contributed by atoms with Crippen LogP contribution in [0.1, 0.15) is 25.7 Å². The van der Waals surface area contributed by atoms with E-state index in [1.165, 1.54) is 24.3 Å². The number of nitrogens with two attached hydrogens (primary N) is 2. The standard InChI is InChI=1S/C19H23N3O4S.ClH/c20-18-3-1-2-13(18)12-19(23)22-14-4-6-15(7-5-14)26-16-8-10-17(11-9-16)27(21,24)25;/h4-11,13,18H,1-3,12,20H2,(H,22,23)(H2,21,24,25);1H/t13-,18+;/m0./s1. The van der Waals surface area contributed by atoms with Crippen LogP contribution < -0.4 is 20.9 Å². The second-order valence-corrected chi connectivity index (χ2v) is 8.31. The van der Waals surface area contributed by atoms with Crippen molar-refractivity contribution in [1.82, 2.24) is 0 Å². The Morgan fingerprint density at radius 2 is 1.61 bits per heavy atom. The molecule has 0 radical (unpaired) electrons. The number of amides is 1. The van der Waals surface area contributed by atoms with Crippen LogP contribution in [0.2, 0.25) is 0 Å². The molecule has 7 nitrogen and oxygen atoms in total. The molecule has 28 heavy (non-hydrogen) atoms. The number of carbonyl (C=O) groups is 1. The lowest BCUT2D eigenvalue weighted by atomic mass is 10.00. The minimum atomic E-state index is -3.73. The molecule has 1 saturated carbocycles. The van der Waals surface area contributed by atoms with E-state index >= 15 is 0 Å². The largest absolute Gasteiger partial charge is 0.457 e. The molecular formula is C19H24ClN3O4S. The summed E-state index contributed by atoms with van der Waals surface area (Å²) in [5.41, 5.74) is 6.69. The molecule has 0 unspecified atom stereocenters. The van der Waals surface area contributed by atoms with E-state index in [0.717, 1.165) is 19.3 Å². The monoisotopic (exact) mass is 425 g/mol. The van der Waals surface area contributed by atoms with Crippen molar-refractivity contribution in [3.05, 3.63) is 48.5 Å². The Morgan fingerprint density at radius 1 is 1.04 bits per heavy atom. The van der Waals surface area contributed by atoms with Crippen molar-refractivity contribution < 1.29 is 17.9 Å². The Kier molecular flexibility index (Phi) is 7.42. The molecule has 0 heterocycles. The van der Waals surface area contributed by atoms with Crippen molar-refractivity contribution in [2.45, 2.75) is 36.6 Å². The van der Waals surface area contributed by atoms with E-state index in [1.807, 2.05) is 0 Å². The first kappa shape index (κ1) is 22.2. The van der Waals surface area contributed by atoms with Crippen LogP contribution in [0.3, 0.4) is 0 Å². The summed E-state index contributed by atoms with van der Waals surface area (Å²) in [7, 11) is -3.73. The number of ether oxygens (including phenoxy) is 1. The summed E-state index contributed by atoms with van der Waals surface area (Å²) in [4.78, 5) is 12.2. The molecule has 0 spiro atoms. The third-order valence-electron chi connectivity index (χ3n) is 4.69. The van der Waals surface area contributed by atoms with Crippen molar-refractivity contribution in [3.63, 3.8) is 0 Å². The highest BCUT2D eigenvalue weighted by molar-refractivity contribution is 7.89. The van der Waals surface area contributed by atoms with Gasteiger partial charge in [0.05, 0.1) is 4.90 Å². The van der Waals surface area contributed by atoms with Crippen molar-refractivity contribution in [3.8, 4) is 11.5 Å². The van der Waals surface area contributed by atoms with Crippen LogP contribution in [-0.4, -0.2) is 20.4 Å². The first-order chi connectivity index (χ1) is 12.8. The zero-order chi connectivity index (χ0) is 19.4. The lowest BCUT2D eigenvalue weighted by Gasteiger charge is -2.15. The zero-order valence-corrected chi connectivity index (χ0v) is 16.8. The first-order valence-corrected chi connectivity index (χ1v) is 10.3. The van der Waals surface area contributed by atoms with Gasteiger partial charge < -0.3 is 15.8 Å². The van der Waals surface area contributed by atoms with Crippen LogP contribution in [0.5, 0.6) is 11.5 Å². The lowest BCUT2D eigenvalue weighted by molar-refractivity contribution is -0.117. The Labute approximate surface area is 170 Å². The second kappa shape index (κ2) is 9.38. The van der Waals surface area contributed by atoms with Crippen LogP contribution in [-0.2, 0) is 14.8 Å². The molecule has 0 bridgehead atoms. The molecular weight excluding hydrogens is 402 g/mol. The molecule has 1 fully saturated rings. The fourth-order valence-corrected chi connectivity index (χ4v) is 3.72. The summed E-state index contributed by atoms with van der Waals surface area (Å²) in [6.45, 7) is 0. The SMILES string of the molecule is Cl.N[C@@H]1CCC[C@H]1CC(=O)Nc1ccc(Oc2ccc(S(N)(=O)=O)cc2)cc1. The number of carbonyl (C=O) groups excluding carboxylic acids is 1. The van der Waals surface area contributed by atoms with Crippen LogP contribution in [0.25, 0.3) is 0 Å². The van der Waals surface area contributed by atoms with Gasteiger partial charge >= 0.3 is 0 Å². The van der Waals surface area contributed by atoms with Gasteiger partial charge in [-0.3, -0.25) is 4.79 Å². The first-order valence-electron chi connectivity index (χ1n) is 8.77. The second-order valence-electron chi connectivity index (χ2n) is 6.75. The normalized spacial score (nSPS) is 18.9. The summed E-state index contributed by atoms with van der Waals surface area (Å²) in [6.07, 6.45) is 3.52. The Hall–Kier alpha value is -2.13. The number of primary sulfonamides is 1. The fourth-order valence-electron chi connectivity index (χ4n) is 3.21. The van der Waals surface area contributed by atoms with E-state index in [0.29, 0.717) is 23.6 Å². The molecule has 1 aliphatic carbocycles. The molecule has 0 saturated heterocycles. The van der Waals surface area contributed by atoms with Crippen molar-refractivity contribution >= 4 is 34.0 Å². The number of sulfonamides is 1. The molecule has 2 aromatic carbocycles. The number of nitrogens with one attached hydrogen (secondary N) is 1. The molecule has 2 atom stereocenters. The van der Waals surface area contributed by atoms with Gasteiger partial charge in [-0.05, 0) is 67.3 Å². The molecule has 2 aromatic rings. The van der Waals surface area contributed by atoms with Gasteiger partial charge in [-0.15, -0.1) is 12.4 Å². The number of benzene rings is 2. The number of halogens is 1. The topological polar surface area (TPSA) is 125 Å². The summed E-state index contributed by atoms with van der Waals surface area (Å²) in [5.74, 6) is 1.26.